The lowest BCUT2D eigenvalue weighted by Gasteiger charge is -2.43. The monoisotopic (exact) mass is 507 g/mol. The van der Waals surface area contributed by atoms with Gasteiger partial charge in [0.1, 0.15) is 16.7 Å². The average Bonchev–Trinajstić information content (AvgIpc) is 3.64. The molecule has 2 fully saturated rings. The molecule has 2 N–H and O–H groups in total. The van der Waals surface area contributed by atoms with Crippen molar-refractivity contribution < 1.29 is 19.1 Å². The van der Waals surface area contributed by atoms with Gasteiger partial charge >= 0.3 is 0 Å². The van der Waals surface area contributed by atoms with Crippen LogP contribution >= 0.6 is 0 Å². The third kappa shape index (κ3) is 2.55. The van der Waals surface area contributed by atoms with Crippen LogP contribution in [0.4, 0.5) is 11.4 Å². The number of benzene rings is 3. The van der Waals surface area contributed by atoms with Crippen LogP contribution in [-0.4, -0.2) is 41.7 Å². The number of ketones is 1. The van der Waals surface area contributed by atoms with Crippen LogP contribution in [0.1, 0.15) is 46.8 Å². The lowest BCUT2D eigenvalue weighted by atomic mass is 9.57. The standard InChI is InChI=1S/C31H29N3O4/c1-3-38-24-16-7-4-11-19(24)27(35)25-23-15-9-17-34(23)31(21-13-8-10-18(2)26(21)33-29(31)37)30(25)20-12-5-6-14-22(20)32-28(30)36/h4-8,10-14,16,23,25H,3,9,15,17H2,1-2H3,(H,32,36)(H,33,37)/t23-,25-,30+,31-/m1/s1. The third-order valence-corrected chi connectivity index (χ3v) is 9.07. The molecule has 0 aliphatic carbocycles. The van der Waals surface area contributed by atoms with E-state index in [0.29, 0.717) is 35.7 Å². The maximum absolute atomic E-state index is 14.8. The van der Waals surface area contributed by atoms with E-state index in [2.05, 4.69) is 15.5 Å². The number of amides is 2. The first-order valence-electron chi connectivity index (χ1n) is 13.3. The number of ether oxygens (including phenoxy) is 1. The van der Waals surface area contributed by atoms with Gasteiger partial charge in [-0.2, -0.15) is 0 Å². The van der Waals surface area contributed by atoms with Gasteiger partial charge < -0.3 is 15.4 Å². The Labute approximate surface area is 221 Å². The Hall–Kier alpha value is -3.97. The maximum Gasteiger partial charge on any atom is 0.251 e. The zero-order valence-electron chi connectivity index (χ0n) is 21.4. The van der Waals surface area contributed by atoms with Crippen LogP contribution < -0.4 is 15.4 Å². The van der Waals surface area contributed by atoms with Crippen molar-refractivity contribution in [3.8, 4) is 5.75 Å². The summed E-state index contributed by atoms with van der Waals surface area (Å²) in [6.45, 7) is 4.89. The summed E-state index contributed by atoms with van der Waals surface area (Å²) in [6, 6.07) is 20.3. The summed E-state index contributed by atoms with van der Waals surface area (Å²) in [5, 5.41) is 6.23. The van der Waals surface area contributed by atoms with Gasteiger partial charge in [0.25, 0.3) is 5.91 Å². The van der Waals surface area contributed by atoms with E-state index < -0.39 is 16.9 Å². The molecule has 38 heavy (non-hydrogen) atoms. The highest BCUT2D eigenvalue weighted by molar-refractivity contribution is 6.21. The van der Waals surface area contributed by atoms with Crippen molar-refractivity contribution in [3.63, 3.8) is 0 Å². The van der Waals surface area contributed by atoms with E-state index in [1.54, 1.807) is 12.1 Å². The summed E-state index contributed by atoms with van der Waals surface area (Å²) in [5.41, 5.74) is 1.45. The van der Waals surface area contributed by atoms with Crippen molar-refractivity contribution in [1.82, 2.24) is 4.90 Å². The molecule has 192 valence electrons. The van der Waals surface area contributed by atoms with E-state index in [4.69, 9.17) is 4.74 Å². The molecular formula is C31H29N3O4. The Morgan fingerprint density at radius 1 is 0.974 bits per heavy atom. The quantitative estimate of drug-likeness (QED) is 0.511. The van der Waals surface area contributed by atoms with Gasteiger partial charge in [-0.05, 0) is 62.6 Å². The summed E-state index contributed by atoms with van der Waals surface area (Å²) in [6.07, 6.45) is 1.57. The molecule has 0 bridgehead atoms. The Morgan fingerprint density at radius 2 is 1.74 bits per heavy atom. The largest absolute Gasteiger partial charge is 0.493 e. The van der Waals surface area contributed by atoms with Crippen molar-refractivity contribution in [2.45, 2.75) is 43.7 Å². The first kappa shape index (κ1) is 23.2. The Bertz CT molecular complexity index is 1530. The van der Waals surface area contributed by atoms with Crippen LogP contribution in [0.5, 0.6) is 5.75 Å². The highest BCUT2D eigenvalue weighted by atomic mass is 16.5. The maximum atomic E-state index is 14.8. The summed E-state index contributed by atoms with van der Waals surface area (Å²) in [7, 11) is 0. The number of nitrogens with one attached hydrogen (secondary N) is 2. The van der Waals surface area contributed by atoms with E-state index in [9.17, 15) is 14.4 Å². The molecular weight excluding hydrogens is 478 g/mol. The number of fused-ring (bicyclic) bond motifs is 7. The van der Waals surface area contributed by atoms with Gasteiger partial charge in [0, 0.05) is 23.0 Å². The predicted molar refractivity (Wildman–Crippen MR) is 143 cm³/mol. The van der Waals surface area contributed by atoms with Crippen molar-refractivity contribution in [2.75, 3.05) is 23.8 Å². The van der Waals surface area contributed by atoms with Gasteiger partial charge in [-0.15, -0.1) is 0 Å². The SMILES string of the molecule is CCOc1ccccc1C(=O)[C@H]1[C@H]2CCCN2[C@]2(C(=O)Nc3c(C)cccc32)[C@]12C(=O)Nc1ccccc12. The minimum Gasteiger partial charge on any atom is -0.493 e. The van der Waals surface area contributed by atoms with Gasteiger partial charge in [0.15, 0.2) is 5.78 Å². The number of anilines is 2. The van der Waals surface area contributed by atoms with E-state index in [-0.39, 0.29) is 23.6 Å². The van der Waals surface area contributed by atoms with Crippen LogP contribution in [0.3, 0.4) is 0 Å². The van der Waals surface area contributed by atoms with Gasteiger partial charge in [-0.3, -0.25) is 19.3 Å². The lowest BCUT2D eigenvalue weighted by molar-refractivity contribution is -0.137. The number of hydrogen-bond acceptors (Lipinski definition) is 5. The normalized spacial score (nSPS) is 28.8. The molecule has 4 aliphatic heterocycles. The fraction of sp³-hybridized carbons (Fsp3) is 0.323. The fourth-order valence-corrected chi connectivity index (χ4v) is 7.87. The van der Waals surface area contributed by atoms with Gasteiger partial charge in [-0.25, -0.2) is 0 Å². The van der Waals surface area contributed by atoms with Crippen LogP contribution in [0.15, 0.2) is 66.7 Å². The first-order chi connectivity index (χ1) is 18.5. The molecule has 0 aromatic heterocycles. The van der Waals surface area contributed by atoms with Crippen molar-refractivity contribution in [1.29, 1.82) is 0 Å². The molecule has 3 aromatic rings. The highest BCUT2D eigenvalue weighted by Gasteiger charge is 2.81. The number of carbonyl (C=O) groups is 3. The Kier molecular flexibility index (Phi) is 4.89. The molecule has 7 rings (SSSR count). The molecule has 4 aliphatic rings. The summed E-state index contributed by atoms with van der Waals surface area (Å²) in [5.74, 6) is -0.991. The number of rotatable bonds is 4. The number of para-hydroxylation sites is 3. The minimum atomic E-state index is -1.45. The zero-order valence-corrected chi connectivity index (χ0v) is 21.4. The fourth-order valence-electron chi connectivity index (χ4n) is 7.87. The molecule has 2 saturated heterocycles. The van der Waals surface area contributed by atoms with Gasteiger partial charge in [-0.1, -0.05) is 48.5 Å². The molecule has 4 atom stereocenters. The van der Waals surface area contributed by atoms with E-state index in [1.807, 2.05) is 68.4 Å². The molecule has 7 nitrogen and oxygen atoms in total. The number of carbonyl (C=O) groups excluding carboxylic acids is 3. The number of hydrogen-bond donors (Lipinski definition) is 2. The van der Waals surface area contributed by atoms with Crippen LogP contribution in [0.2, 0.25) is 0 Å². The summed E-state index contributed by atoms with van der Waals surface area (Å²) >= 11 is 0. The Morgan fingerprint density at radius 3 is 2.58 bits per heavy atom. The van der Waals surface area contributed by atoms with Crippen molar-refractivity contribution in [2.24, 2.45) is 5.92 Å². The van der Waals surface area contributed by atoms with Gasteiger partial charge in [0.05, 0.1) is 18.1 Å². The molecule has 7 heteroatoms. The van der Waals surface area contributed by atoms with E-state index >= 15 is 0 Å². The van der Waals surface area contributed by atoms with Crippen LogP contribution in [0.25, 0.3) is 0 Å². The molecule has 2 spiro atoms. The van der Waals surface area contributed by atoms with Crippen LogP contribution in [-0.2, 0) is 20.5 Å². The lowest BCUT2D eigenvalue weighted by Crippen LogP contribution is -2.62. The highest BCUT2D eigenvalue weighted by Crippen LogP contribution is 2.68. The average molecular weight is 508 g/mol. The topological polar surface area (TPSA) is 87.7 Å². The molecule has 0 unspecified atom stereocenters. The molecule has 0 radical (unpaired) electrons. The van der Waals surface area contributed by atoms with E-state index in [0.717, 1.165) is 29.7 Å². The summed E-state index contributed by atoms with van der Waals surface area (Å²) < 4.78 is 5.87. The van der Waals surface area contributed by atoms with E-state index in [1.165, 1.54) is 0 Å². The molecule has 2 amide bonds. The van der Waals surface area contributed by atoms with Crippen molar-refractivity contribution in [3.05, 3.63) is 89.0 Å². The molecule has 0 saturated carbocycles. The number of aryl methyl sites for hydroxylation is 1. The second-order valence-electron chi connectivity index (χ2n) is 10.6. The van der Waals surface area contributed by atoms with Crippen molar-refractivity contribution >= 4 is 29.0 Å². The predicted octanol–water partition coefficient (Wildman–Crippen LogP) is 4.41. The minimum absolute atomic E-state index is 0.163. The molecule has 3 aromatic carbocycles. The molecule has 4 heterocycles. The Balaban J connectivity index is 1.58. The number of Topliss-reactive ketones (excluding diaryl/α,β-unsaturated/α-hetero) is 1. The van der Waals surface area contributed by atoms with Gasteiger partial charge in [0.2, 0.25) is 5.91 Å². The second-order valence-corrected chi connectivity index (χ2v) is 10.6. The zero-order chi connectivity index (χ0) is 26.2. The third-order valence-electron chi connectivity index (χ3n) is 9.07. The smallest absolute Gasteiger partial charge is 0.251 e. The summed E-state index contributed by atoms with van der Waals surface area (Å²) in [4.78, 5) is 46.0. The number of nitrogens with zero attached hydrogens (tertiary/aromatic N) is 1. The van der Waals surface area contributed by atoms with Crippen LogP contribution in [0, 0.1) is 12.8 Å². The second kappa shape index (κ2) is 8.01. The first-order valence-corrected chi connectivity index (χ1v) is 13.3.